The van der Waals surface area contributed by atoms with Crippen LogP contribution >= 0.6 is 0 Å². The lowest BCUT2D eigenvalue weighted by Gasteiger charge is -2.11. The minimum atomic E-state index is 0.238. The average Bonchev–Trinajstić information content (AvgIpc) is 2.60. The molecule has 0 radical (unpaired) electrons. The van der Waals surface area contributed by atoms with Crippen molar-refractivity contribution < 1.29 is 9.47 Å². The SMILES string of the molecule is COc1ccc(-c2cc(-c3ccc(C)cc3C)nc(N)n2)cc1OC. The first-order valence-electron chi connectivity index (χ1n) is 7.96. The maximum Gasteiger partial charge on any atom is 0.221 e. The second kappa shape index (κ2) is 6.81. The van der Waals surface area contributed by atoms with E-state index in [4.69, 9.17) is 15.2 Å². The zero-order valence-corrected chi connectivity index (χ0v) is 14.8. The van der Waals surface area contributed by atoms with Crippen molar-refractivity contribution in [1.82, 2.24) is 9.97 Å². The van der Waals surface area contributed by atoms with E-state index in [-0.39, 0.29) is 5.95 Å². The van der Waals surface area contributed by atoms with Gasteiger partial charge >= 0.3 is 0 Å². The van der Waals surface area contributed by atoms with Gasteiger partial charge in [-0.05, 0) is 43.7 Å². The van der Waals surface area contributed by atoms with Crippen molar-refractivity contribution in [2.24, 2.45) is 0 Å². The Kier molecular flexibility index (Phi) is 4.57. The Hall–Kier alpha value is -3.08. The van der Waals surface area contributed by atoms with Crippen molar-refractivity contribution in [2.75, 3.05) is 20.0 Å². The number of nitrogen functional groups attached to an aromatic ring is 1. The van der Waals surface area contributed by atoms with Crippen LogP contribution in [0, 0.1) is 13.8 Å². The molecule has 5 nitrogen and oxygen atoms in total. The first kappa shape index (κ1) is 16.8. The van der Waals surface area contributed by atoms with E-state index in [1.807, 2.05) is 24.3 Å². The highest BCUT2D eigenvalue weighted by atomic mass is 16.5. The van der Waals surface area contributed by atoms with E-state index in [0.717, 1.165) is 28.1 Å². The number of hydrogen-bond acceptors (Lipinski definition) is 5. The van der Waals surface area contributed by atoms with Crippen LogP contribution in [0.15, 0.2) is 42.5 Å². The number of hydrogen-bond donors (Lipinski definition) is 1. The summed E-state index contributed by atoms with van der Waals surface area (Å²) in [7, 11) is 3.22. The number of methoxy groups -OCH3 is 2. The van der Waals surface area contributed by atoms with Gasteiger partial charge in [-0.25, -0.2) is 9.97 Å². The Labute approximate surface area is 147 Å². The van der Waals surface area contributed by atoms with Crippen LogP contribution in [-0.2, 0) is 0 Å². The standard InChI is InChI=1S/C20H21N3O2/c1-12-5-7-15(13(2)9-12)17-11-16(22-20(21)23-17)14-6-8-18(24-3)19(10-14)25-4/h5-11H,1-4H3,(H2,21,22,23). The average molecular weight is 335 g/mol. The molecule has 3 rings (SSSR count). The molecule has 0 amide bonds. The number of nitrogens with zero attached hydrogens (tertiary/aromatic N) is 2. The monoisotopic (exact) mass is 335 g/mol. The van der Waals surface area contributed by atoms with E-state index in [1.54, 1.807) is 14.2 Å². The molecule has 0 aliphatic rings. The summed E-state index contributed by atoms with van der Waals surface area (Å²) in [6.07, 6.45) is 0. The molecule has 0 spiro atoms. The normalized spacial score (nSPS) is 10.6. The Balaban J connectivity index is 2.11. The molecule has 0 aliphatic heterocycles. The molecular formula is C20H21N3O2. The zero-order chi connectivity index (χ0) is 18.0. The Bertz CT molecular complexity index is 923. The summed E-state index contributed by atoms with van der Waals surface area (Å²) >= 11 is 0. The molecule has 0 aliphatic carbocycles. The molecule has 1 heterocycles. The summed E-state index contributed by atoms with van der Waals surface area (Å²) in [5.74, 6) is 1.55. The van der Waals surface area contributed by atoms with Gasteiger partial charge in [-0.3, -0.25) is 0 Å². The largest absolute Gasteiger partial charge is 0.493 e. The molecule has 0 atom stereocenters. The third kappa shape index (κ3) is 3.40. The summed E-state index contributed by atoms with van der Waals surface area (Å²) in [6.45, 7) is 4.14. The molecule has 128 valence electrons. The maximum absolute atomic E-state index is 5.96. The van der Waals surface area contributed by atoms with Crippen molar-refractivity contribution in [3.05, 3.63) is 53.6 Å². The molecule has 25 heavy (non-hydrogen) atoms. The number of ether oxygens (including phenoxy) is 2. The second-order valence-electron chi connectivity index (χ2n) is 5.88. The minimum absolute atomic E-state index is 0.238. The topological polar surface area (TPSA) is 70.3 Å². The molecule has 0 saturated heterocycles. The van der Waals surface area contributed by atoms with E-state index >= 15 is 0 Å². The van der Waals surface area contributed by atoms with Crippen molar-refractivity contribution in [1.29, 1.82) is 0 Å². The van der Waals surface area contributed by atoms with Gasteiger partial charge in [-0.1, -0.05) is 23.8 Å². The van der Waals surface area contributed by atoms with Crippen LogP contribution in [0.25, 0.3) is 22.5 Å². The molecule has 2 aromatic carbocycles. The molecular weight excluding hydrogens is 314 g/mol. The second-order valence-corrected chi connectivity index (χ2v) is 5.88. The van der Waals surface area contributed by atoms with E-state index in [2.05, 4.69) is 42.0 Å². The number of aromatic nitrogens is 2. The highest BCUT2D eigenvalue weighted by molar-refractivity contribution is 5.72. The van der Waals surface area contributed by atoms with Gasteiger partial charge in [0.15, 0.2) is 11.5 Å². The van der Waals surface area contributed by atoms with Crippen LogP contribution in [-0.4, -0.2) is 24.2 Å². The number of benzene rings is 2. The van der Waals surface area contributed by atoms with Crippen molar-refractivity contribution in [3.8, 4) is 34.0 Å². The highest BCUT2D eigenvalue weighted by Gasteiger charge is 2.11. The summed E-state index contributed by atoms with van der Waals surface area (Å²) in [5, 5.41) is 0. The van der Waals surface area contributed by atoms with Crippen LogP contribution in [0.5, 0.6) is 11.5 Å². The zero-order valence-electron chi connectivity index (χ0n) is 14.8. The van der Waals surface area contributed by atoms with Gasteiger partial charge in [0.25, 0.3) is 0 Å². The summed E-state index contributed by atoms with van der Waals surface area (Å²) < 4.78 is 10.7. The van der Waals surface area contributed by atoms with Crippen molar-refractivity contribution in [3.63, 3.8) is 0 Å². The van der Waals surface area contributed by atoms with Gasteiger partial charge in [-0.15, -0.1) is 0 Å². The Morgan fingerprint density at radius 1 is 0.800 bits per heavy atom. The lowest BCUT2D eigenvalue weighted by Crippen LogP contribution is -2.00. The first-order chi connectivity index (χ1) is 12.0. The predicted octanol–water partition coefficient (Wildman–Crippen LogP) is 4.03. The van der Waals surface area contributed by atoms with Crippen LogP contribution in [0.3, 0.4) is 0 Å². The third-order valence-electron chi connectivity index (χ3n) is 4.08. The molecule has 1 aromatic heterocycles. The molecule has 0 fully saturated rings. The third-order valence-corrected chi connectivity index (χ3v) is 4.08. The van der Waals surface area contributed by atoms with Crippen molar-refractivity contribution >= 4 is 5.95 Å². The summed E-state index contributed by atoms with van der Waals surface area (Å²) in [4.78, 5) is 8.79. The molecule has 5 heteroatoms. The fourth-order valence-electron chi connectivity index (χ4n) is 2.85. The van der Waals surface area contributed by atoms with E-state index in [1.165, 1.54) is 5.56 Å². The minimum Gasteiger partial charge on any atom is -0.493 e. The van der Waals surface area contributed by atoms with E-state index in [0.29, 0.717) is 11.5 Å². The number of rotatable bonds is 4. The number of aryl methyl sites for hydroxylation is 2. The van der Waals surface area contributed by atoms with Gasteiger partial charge in [0.1, 0.15) is 0 Å². The molecule has 3 aromatic rings. The summed E-state index contributed by atoms with van der Waals surface area (Å²) in [5.41, 5.74) is 11.8. The van der Waals surface area contributed by atoms with Crippen LogP contribution in [0.1, 0.15) is 11.1 Å². The van der Waals surface area contributed by atoms with Crippen LogP contribution in [0.2, 0.25) is 0 Å². The highest BCUT2D eigenvalue weighted by Crippen LogP contribution is 2.33. The lowest BCUT2D eigenvalue weighted by atomic mass is 10.0. The molecule has 0 bridgehead atoms. The Morgan fingerprint density at radius 3 is 2.20 bits per heavy atom. The summed E-state index contributed by atoms with van der Waals surface area (Å²) in [6, 6.07) is 13.9. The molecule has 0 unspecified atom stereocenters. The van der Waals surface area contributed by atoms with Crippen LogP contribution < -0.4 is 15.2 Å². The number of anilines is 1. The molecule has 0 saturated carbocycles. The van der Waals surface area contributed by atoms with E-state index < -0.39 is 0 Å². The van der Waals surface area contributed by atoms with Gasteiger partial charge in [0.2, 0.25) is 5.95 Å². The van der Waals surface area contributed by atoms with E-state index in [9.17, 15) is 0 Å². The smallest absolute Gasteiger partial charge is 0.221 e. The molecule has 2 N–H and O–H groups in total. The van der Waals surface area contributed by atoms with Crippen LogP contribution in [0.4, 0.5) is 5.95 Å². The number of nitrogens with two attached hydrogens (primary N) is 1. The fourth-order valence-corrected chi connectivity index (χ4v) is 2.85. The van der Waals surface area contributed by atoms with Crippen molar-refractivity contribution in [2.45, 2.75) is 13.8 Å². The fraction of sp³-hybridized carbons (Fsp3) is 0.200. The maximum atomic E-state index is 5.96. The van der Waals surface area contributed by atoms with Gasteiger partial charge in [0.05, 0.1) is 25.6 Å². The van der Waals surface area contributed by atoms with Gasteiger partial charge in [0, 0.05) is 11.1 Å². The predicted molar refractivity (Wildman–Crippen MR) is 99.9 cm³/mol. The Morgan fingerprint density at radius 2 is 1.52 bits per heavy atom. The first-order valence-corrected chi connectivity index (χ1v) is 7.96. The lowest BCUT2D eigenvalue weighted by molar-refractivity contribution is 0.355. The quantitative estimate of drug-likeness (QED) is 0.779. The van der Waals surface area contributed by atoms with Gasteiger partial charge in [-0.2, -0.15) is 0 Å². The van der Waals surface area contributed by atoms with Gasteiger partial charge < -0.3 is 15.2 Å².